The van der Waals surface area contributed by atoms with Crippen LogP contribution in [0.1, 0.15) is 32.7 Å². The second kappa shape index (κ2) is 8.67. The van der Waals surface area contributed by atoms with Crippen LogP contribution in [0, 0.1) is 20.8 Å². The van der Waals surface area contributed by atoms with Crippen molar-refractivity contribution in [1.29, 1.82) is 0 Å². The Morgan fingerprint density at radius 1 is 0.969 bits per heavy atom. The number of ether oxygens (including phenoxy) is 1. The highest BCUT2D eigenvalue weighted by Gasteiger charge is 2.19. The van der Waals surface area contributed by atoms with E-state index >= 15 is 0 Å². The molecule has 2 aromatic carbocycles. The van der Waals surface area contributed by atoms with Crippen LogP contribution in [0.4, 0.5) is 5.69 Å². The maximum absolute atomic E-state index is 13.0. The number of methoxy groups -OCH3 is 1. The summed E-state index contributed by atoms with van der Waals surface area (Å²) in [6.45, 7) is 6.15. The van der Waals surface area contributed by atoms with E-state index in [2.05, 4.69) is 31.3 Å². The molecule has 2 aromatic heterocycles. The van der Waals surface area contributed by atoms with Gasteiger partial charge in [0.05, 0.1) is 30.5 Å². The van der Waals surface area contributed by atoms with E-state index in [4.69, 9.17) is 9.72 Å². The molecule has 0 spiro atoms. The number of hydrogen-bond donors (Lipinski definition) is 1. The molecule has 0 aliphatic rings. The zero-order chi connectivity index (χ0) is 22.8. The van der Waals surface area contributed by atoms with E-state index in [1.165, 1.54) is 18.2 Å². The van der Waals surface area contributed by atoms with Crippen LogP contribution in [0.5, 0.6) is 0 Å². The Bertz CT molecular complexity index is 1340. The Hall–Kier alpha value is -3.93. The van der Waals surface area contributed by atoms with Crippen molar-refractivity contribution in [2.24, 2.45) is 0 Å². The van der Waals surface area contributed by atoms with Crippen molar-refractivity contribution in [3.8, 4) is 11.3 Å². The van der Waals surface area contributed by atoms with Gasteiger partial charge in [0.25, 0.3) is 0 Å². The number of hydrogen-bond acceptors (Lipinski definition) is 4. The smallest absolute Gasteiger partial charge is 0.337 e. The number of aromatic nitrogens is 2. The largest absolute Gasteiger partial charge is 0.465 e. The van der Waals surface area contributed by atoms with Crippen LogP contribution < -0.4 is 5.32 Å². The summed E-state index contributed by atoms with van der Waals surface area (Å²) in [5.74, 6) is -0.643. The summed E-state index contributed by atoms with van der Waals surface area (Å²) in [6, 6.07) is 16.9. The van der Waals surface area contributed by atoms with Crippen molar-refractivity contribution in [3.05, 3.63) is 88.7 Å². The third kappa shape index (κ3) is 4.12. The van der Waals surface area contributed by atoms with Crippen LogP contribution >= 0.6 is 0 Å². The molecule has 1 N–H and O–H groups in total. The van der Waals surface area contributed by atoms with E-state index in [1.807, 2.05) is 35.7 Å². The van der Waals surface area contributed by atoms with Gasteiger partial charge < -0.3 is 14.5 Å². The second-order valence-corrected chi connectivity index (χ2v) is 7.89. The molecule has 6 nitrogen and oxygen atoms in total. The number of carbonyl (C=O) groups is 2. The van der Waals surface area contributed by atoms with E-state index in [0.29, 0.717) is 11.3 Å². The minimum atomic E-state index is -0.449. The molecule has 0 radical (unpaired) electrons. The van der Waals surface area contributed by atoms with Gasteiger partial charge in [-0.15, -0.1) is 0 Å². The molecule has 0 atom stereocenters. The maximum Gasteiger partial charge on any atom is 0.337 e. The van der Waals surface area contributed by atoms with Gasteiger partial charge in [-0.1, -0.05) is 24.3 Å². The number of esters is 1. The molecule has 0 aliphatic carbocycles. The number of carbonyl (C=O) groups excluding carboxylic acids is 2. The summed E-state index contributed by atoms with van der Waals surface area (Å²) in [5, 5.41) is 2.89. The van der Waals surface area contributed by atoms with Crippen LogP contribution in [-0.2, 0) is 16.0 Å². The molecule has 0 saturated heterocycles. The van der Waals surface area contributed by atoms with Crippen molar-refractivity contribution in [2.45, 2.75) is 27.2 Å². The summed E-state index contributed by atoms with van der Waals surface area (Å²) in [4.78, 5) is 29.7. The van der Waals surface area contributed by atoms with Gasteiger partial charge in [0.1, 0.15) is 5.65 Å². The standard InChI is InChI=1S/C26H25N3O3/c1-16-10-11-19(13-18(16)3)24-22(29-12-6-7-17(2)25(29)28-24)15-23(30)27-21-9-5-8-20(14-21)26(31)32-4/h5-14H,15H2,1-4H3,(H,27,30). The van der Waals surface area contributed by atoms with Crippen LogP contribution in [0.15, 0.2) is 60.8 Å². The molecule has 0 bridgehead atoms. The SMILES string of the molecule is COC(=O)c1cccc(NC(=O)Cc2c(-c3ccc(C)c(C)c3)nc3c(C)cccn23)c1. The number of aryl methyl sites for hydroxylation is 3. The predicted molar refractivity (Wildman–Crippen MR) is 125 cm³/mol. The normalized spacial score (nSPS) is 10.9. The van der Waals surface area contributed by atoms with Crippen LogP contribution in [0.2, 0.25) is 0 Å². The molecular formula is C26H25N3O3. The fraction of sp³-hybridized carbons (Fsp3) is 0.192. The minimum absolute atomic E-state index is 0.134. The molecule has 162 valence electrons. The molecule has 0 aliphatic heterocycles. The summed E-state index contributed by atoms with van der Waals surface area (Å²) in [7, 11) is 1.33. The number of pyridine rings is 1. The van der Waals surface area contributed by atoms with Gasteiger partial charge in [0.15, 0.2) is 0 Å². The van der Waals surface area contributed by atoms with Gasteiger partial charge in [-0.05, 0) is 67.8 Å². The van der Waals surface area contributed by atoms with Crippen molar-refractivity contribution < 1.29 is 14.3 Å². The van der Waals surface area contributed by atoms with Crippen LogP contribution in [-0.4, -0.2) is 28.4 Å². The number of fused-ring (bicyclic) bond motifs is 1. The number of rotatable bonds is 5. The lowest BCUT2D eigenvalue weighted by Crippen LogP contribution is -2.16. The first-order valence-electron chi connectivity index (χ1n) is 10.4. The molecule has 32 heavy (non-hydrogen) atoms. The van der Waals surface area contributed by atoms with Gasteiger partial charge in [0, 0.05) is 17.4 Å². The van der Waals surface area contributed by atoms with Crippen LogP contribution in [0.25, 0.3) is 16.9 Å². The summed E-state index contributed by atoms with van der Waals surface area (Å²) >= 11 is 0. The Kier molecular flexibility index (Phi) is 5.77. The molecule has 1 amide bonds. The third-order valence-corrected chi connectivity index (χ3v) is 5.62. The Morgan fingerprint density at radius 3 is 2.53 bits per heavy atom. The fourth-order valence-electron chi connectivity index (χ4n) is 3.74. The van der Waals surface area contributed by atoms with E-state index in [1.54, 1.807) is 24.3 Å². The highest BCUT2D eigenvalue weighted by atomic mass is 16.5. The first-order valence-corrected chi connectivity index (χ1v) is 10.4. The molecular weight excluding hydrogens is 402 g/mol. The molecule has 6 heteroatoms. The number of imidazole rings is 1. The Morgan fingerprint density at radius 2 is 1.78 bits per heavy atom. The number of nitrogens with one attached hydrogen (secondary N) is 1. The van der Waals surface area contributed by atoms with Crippen molar-refractivity contribution >= 4 is 23.2 Å². The van der Waals surface area contributed by atoms with Crippen molar-refractivity contribution in [3.63, 3.8) is 0 Å². The molecule has 4 rings (SSSR count). The molecule has 0 saturated carbocycles. The maximum atomic E-state index is 13.0. The van der Waals surface area contributed by atoms with Crippen molar-refractivity contribution in [1.82, 2.24) is 9.38 Å². The Labute approximate surface area is 186 Å². The highest BCUT2D eigenvalue weighted by molar-refractivity contribution is 5.96. The summed E-state index contributed by atoms with van der Waals surface area (Å²) in [5.41, 5.74) is 7.75. The van der Waals surface area contributed by atoms with Gasteiger partial charge in [0.2, 0.25) is 5.91 Å². The van der Waals surface area contributed by atoms with Crippen LogP contribution in [0.3, 0.4) is 0 Å². The number of nitrogens with zero attached hydrogens (tertiary/aromatic N) is 2. The lowest BCUT2D eigenvalue weighted by molar-refractivity contribution is -0.115. The first-order chi connectivity index (χ1) is 15.4. The summed E-state index contributed by atoms with van der Waals surface area (Å²) in [6.07, 6.45) is 2.07. The molecule has 0 unspecified atom stereocenters. The van der Waals surface area contributed by atoms with Gasteiger partial charge in [-0.2, -0.15) is 0 Å². The first kappa shape index (κ1) is 21.3. The average Bonchev–Trinajstić information content (AvgIpc) is 3.15. The number of anilines is 1. The van der Waals surface area contributed by atoms with E-state index in [9.17, 15) is 9.59 Å². The second-order valence-electron chi connectivity index (χ2n) is 7.89. The third-order valence-electron chi connectivity index (χ3n) is 5.62. The quantitative estimate of drug-likeness (QED) is 0.460. The van der Waals surface area contributed by atoms with Crippen molar-refractivity contribution in [2.75, 3.05) is 12.4 Å². The van der Waals surface area contributed by atoms with E-state index in [-0.39, 0.29) is 12.3 Å². The lowest BCUT2D eigenvalue weighted by atomic mass is 10.0. The minimum Gasteiger partial charge on any atom is -0.465 e. The molecule has 0 fully saturated rings. The van der Waals surface area contributed by atoms with Gasteiger partial charge >= 0.3 is 5.97 Å². The average molecular weight is 428 g/mol. The molecule has 4 aromatic rings. The van der Waals surface area contributed by atoms with Gasteiger partial charge in [-0.3, -0.25) is 4.79 Å². The number of amides is 1. The van der Waals surface area contributed by atoms with E-state index in [0.717, 1.165) is 28.2 Å². The summed E-state index contributed by atoms with van der Waals surface area (Å²) < 4.78 is 6.74. The topological polar surface area (TPSA) is 72.7 Å². The lowest BCUT2D eigenvalue weighted by Gasteiger charge is -2.09. The fourth-order valence-corrected chi connectivity index (χ4v) is 3.74. The predicted octanol–water partition coefficient (Wildman–Crippen LogP) is 4.89. The Balaban J connectivity index is 1.70. The monoisotopic (exact) mass is 427 g/mol. The zero-order valence-corrected chi connectivity index (χ0v) is 18.6. The van der Waals surface area contributed by atoms with Gasteiger partial charge in [-0.25, -0.2) is 9.78 Å². The zero-order valence-electron chi connectivity index (χ0n) is 18.6. The molecule has 2 heterocycles. The van der Waals surface area contributed by atoms with E-state index < -0.39 is 5.97 Å². The number of benzene rings is 2. The highest BCUT2D eigenvalue weighted by Crippen LogP contribution is 2.28.